The van der Waals surface area contributed by atoms with E-state index in [0.29, 0.717) is 0 Å². The van der Waals surface area contributed by atoms with Crippen molar-refractivity contribution in [3.8, 4) is 0 Å². The van der Waals surface area contributed by atoms with Gasteiger partial charge in [0.25, 0.3) is 0 Å². The van der Waals surface area contributed by atoms with E-state index in [1.54, 1.807) is 0 Å². The van der Waals surface area contributed by atoms with Gasteiger partial charge in [-0.15, -0.1) is 0 Å². The summed E-state index contributed by atoms with van der Waals surface area (Å²) in [7, 11) is -1.91. The molecule has 0 spiro atoms. The molecule has 0 saturated carbocycles. The summed E-state index contributed by atoms with van der Waals surface area (Å²) in [6.45, 7) is 4.49. The maximum atomic E-state index is 2.43. The van der Waals surface area contributed by atoms with Crippen LogP contribution in [-0.2, 0) is 6.16 Å². The first kappa shape index (κ1) is 23.4. The lowest BCUT2D eigenvalue weighted by atomic mass is 9.97. The first-order chi connectivity index (χ1) is 15.7. The highest BCUT2D eigenvalue weighted by atomic mass is 79.9. The van der Waals surface area contributed by atoms with E-state index in [-0.39, 0.29) is 17.0 Å². The third kappa shape index (κ3) is 4.29. The fourth-order valence-corrected chi connectivity index (χ4v) is 9.16. The second-order valence-electron chi connectivity index (χ2n) is 8.50. The second kappa shape index (κ2) is 10.0. The summed E-state index contributed by atoms with van der Waals surface area (Å²) in [5, 5.41) is 7.04. The van der Waals surface area contributed by atoms with E-state index >= 15 is 0 Å². The van der Waals surface area contributed by atoms with Crippen LogP contribution in [0.2, 0.25) is 0 Å². The zero-order valence-corrected chi connectivity index (χ0v) is 21.6. The van der Waals surface area contributed by atoms with E-state index in [1.807, 2.05) is 0 Å². The van der Waals surface area contributed by atoms with Crippen molar-refractivity contribution in [1.29, 1.82) is 0 Å². The monoisotopic (exact) mass is 510 g/mol. The van der Waals surface area contributed by atoms with Crippen molar-refractivity contribution >= 4 is 33.9 Å². The summed E-state index contributed by atoms with van der Waals surface area (Å²) in [6, 6.07) is 44.8. The number of benzene rings is 5. The number of hydrogen-bond donors (Lipinski definition) is 0. The lowest BCUT2D eigenvalue weighted by Crippen LogP contribution is -3.00. The molecule has 0 aliphatic carbocycles. The van der Waals surface area contributed by atoms with E-state index in [0.717, 1.165) is 6.16 Å². The van der Waals surface area contributed by atoms with E-state index in [2.05, 4.69) is 135 Å². The first-order valence-electron chi connectivity index (χ1n) is 11.2. The summed E-state index contributed by atoms with van der Waals surface area (Å²) < 4.78 is 0. The molecule has 164 valence electrons. The van der Waals surface area contributed by atoms with Crippen molar-refractivity contribution in [1.82, 2.24) is 0 Å². The van der Waals surface area contributed by atoms with Gasteiger partial charge in [0.15, 0.2) is 0 Å². The van der Waals surface area contributed by atoms with Gasteiger partial charge in [0.05, 0.1) is 6.16 Å². The zero-order chi connectivity index (χ0) is 22.0. The maximum Gasteiger partial charge on any atom is 0.116 e. The standard InChI is InChI=1S/C31H28P.BrH/c1-24-22-26(31-21-13-12-20-30(31)25(24)2)23-32(27-14-6-3-7-15-27,28-16-8-4-9-17-28)29-18-10-5-11-19-29;/h3-22H,23H2,1-2H3;1H/q+1;/p-1. The Morgan fingerprint density at radius 1 is 0.515 bits per heavy atom. The molecule has 0 amide bonds. The molecule has 0 heterocycles. The van der Waals surface area contributed by atoms with Crippen LogP contribution >= 0.6 is 7.26 Å². The average molecular weight is 511 g/mol. The Kier molecular flexibility index (Phi) is 7.13. The van der Waals surface area contributed by atoms with Crippen LogP contribution in [-0.4, -0.2) is 0 Å². The van der Waals surface area contributed by atoms with Gasteiger partial charge in [-0.3, -0.25) is 0 Å². The Hall–Kier alpha value is -2.73. The van der Waals surface area contributed by atoms with E-state index in [9.17, 15) is 0 Å². The molecular weight excluding hydrogens is 483 g/mol. The van der Waals surface area contributed by atoms with Gasteiger partial charge >= 0.3 is 0 Å². The molecule has 0 aliphatic heterocycles. The molecule has 0 unspecified atom stereocenters. The van der Waals surface area contributed by atoms with Gasteiger partial charge in [-0.05, 0) is 77.7 Å². The van der Waals surface area contributed by atoms with Crippen molar-refractivity contribution in [2.75, 3.05) is 0 Å². The fraction of sp³-hybridized carbons (Fsp3) is 0.0968. The number of aryl methyl sites for hydroxylation is 2. The molecule has 5 aromatic carbocycles. The van der Waals surface area contributed by atoms with Gasteiger partial charge in [-0.2, -0.15) is 0 Å². The molecule has 0 nitrogen and oxygen atoms in total. The molecule has 0 bridgehead atoms. The molecule has 0 atom stereocenters. The van der Waals surface area contributed by atoms with E-state index in [1.165, 1.54) is 43.4 Å². The third-order valence-electron chi connectivity index (χ3n) is 6.66. The van der Waals surface area contributed by atoms with Gasteiger partial charge in [0, 0.05) is 0 Å². The Bertz CT molecular complexity index is 1250. The van der Waals surface area contributed by atoms with E-state index < -0.39 is 7.26 Å². The molecule has 5 rings (SSSR count). The van der Waals surface area contributed by atoms with Crippen LogP contribution in [0.4, 0.5) is 0 Å². The van der Waals surface area contributed by atoms with Gasteiger partial charge in [0.1, 0.15) is 23.2 Å². The minimum absolute atomic E-state index is 0. The normalized spacial score (nSPS) is 11.2. The van der Waals surface area contributed by atoms with Crippen LogP contribution in [0.25, 0.3) is 10.8 Å². The van der Waals surface area contributed by atoms with Crippen LogP contribution in [0.1, 0.15) is 16.7 Å². The van der Waals surface area contributed by atoms with Crippen molar-refractivity contribution in [3.05, 3.63) is 138 Å². The van der Waals surface area contributed by atoms with Crippen molar-refractivity contribution in [2.45, 2.75) is 20.0 Å². The highest BCUT2D eigenvalue weighted by Gasteiger charge is 2.45. The van der Waals surface area contributed by atoms with Crippen LogP contribution < -0.4 is 32.9 Å². The Morgan fingerprint density at radius 3 is 1.36 bits per heavy atom. The Morgan fingerprint density at radius 2 is 0.909 bits per heavy atom. The molecular formula is C31H28BrP. The minimum atomic E-state index is -1.91. The lowest BCUT2D eigenvalue weighted by Gasteiger charge is -2.28. The largest absolute Gasteiger partial charge is 1.00 e. The quantitative estimate of drug-likeness (QED) is 0.314. The molecule has 2 heteroatoms. The molecule has 0 aromatic heterocycles. The molecule has 0 N–H and O–H groups in total. The van der Waals surface area contributed by atoms with Crippen LogP contribution in [0.3, 0.4) is 0 Å². The minimum Gasteiger partial charge on any atom is -1.00 e. The molecule has 0 radical (unpaired) electrons. The highest BCUT2D eigenvalue weighted by molar-refractivity contribution is 7.95. The summed E-state index contributed by atoms with van der Waals surface area (Å²) in [5.41, 5.74) is 4.19. The predicted molar refractivity (Wildman–Crippen MR) is 142 cm³/mol. The predicted octanol–water partition coefficient (Wildman–Crippen LogP) is 3.95. The van der Waals surface area contributed by atoms with Gasteiger partial charge < -0.3 is 17.0 Å². The third-order valence-corrected chi connectivity index (χ3v) is 11.0. The summed E-state index contributed by atoms with van der Waals surface area (Å²) >= 11 is 0. The van der Waals surface area contributed by atoms with Crippen molar-refractivity contribution in [3.63, 3.8) is 0 Å². The number of hydrogen-bond acceptors (Lipinski definition) is 0. The van der Waals surface area contributed by atoms with Crippen LogP contribution in [0.15, 0.2) is 121 Å². The highest BCUT2D eigenvalue weighted by Crippen LogP contribution is 2.58. The molecule has 33 heavy (non-hydrogen) atoms. The number of halogens is 1. The Balaban J connectivity index is 0.00000259. The van der Waals surface area contributed by atoms with Gasteiger partial charge in [0.2, 0.25) is 0 Å². The molecule has 0 aliphatic rings. The topological polar surface area (TPSA) is 0 Å². The lowest BCUT2D eigenvalue weighted by molar-refractivity contribution is -0.00000628. The zero-order valence-electron chi connectivity index (χ0n) is 19.1. The summed E-state index contributed by atoms with van der Waals surface area (Å²) in [4.78, 5) is 0. The van der Waals surface area contributed by atoms with Crippen molar-refractivity contribution < 1.29 is 17.0 Å². The summed E-state index contributed by atoms with van der Waals surface area (Å²) in [6.07, 6.45) is 1.01. The molecule has 0 saturated heterocycles. The van der Waals surface area contributed by atoms with E-state index in [4.69, 9.17) is 0 Å². The summed E-state index contributed by atoms with van der Waals surface area (Å²) in [5.74, 6) is 0. The maximum absolute atomic E-state index is 2.43. The molecule has 5 aromatic rings. The SMILES string of the molecule is Cc1cc(C[P+](c2ccccc2)(c2ccccc2)c2ccccc2)c2ccccc2c1C.[Br-]. The first-order valence-corrected chi connectivity index (χ1v) is 13.2. The smallest absolute Gasteiger partial charge is 0.116 e. The number of fused-ring (bicyclic) bond motifs is 1. The van der Waals surface area contributed by atoms with Crippen LogP contribution in [0, 0.1) is 13.8 Å². The average Bonchev–Trinajstić information content (AvgIpc) is 2.87. The van der Waals surface area contributed by atoms with Crippen molar-refractivity contribution in [2.24, 2.45) is 0 Å². The fourth-order valence-electron chi connectivity index (χ4n) is 4.90. The second-order valence-corrected chi connectivity index (χ2v) is 12.0. The molecule has 0 fully saturated rings. The van der Waals surface area contributed by atoms with Gasteiger partial charge in [-0.1, -0.05) is 84.9 Å². The van der Waals surface area contributed by atoms with Gasteiger partial charge in [-0.25, -0.2) is 0 Å². The Labute approximate surface area is 208 Å². The van der Waals surface area contributed by atoms with Crippen LogP contribution in [0.5, 0.6) is 0 Å². The number of rotatable bonds is 5.